The second kappa shape index (κ2) is 15.5. The first-order valence-corrected chi connectivity index (χ1v) is 14.5. The molecule has 0 saturated carbocycles. The van der Waals surface area contributed by atoms with Gasteiger partial charge in [-0.05, 0) is 46.8 Å². The number of benzene rings is 4. The molecule has 0 aliphatic heterocycles. The van der Waals surface area contributed by atoms with E-state index >= 15 is 0 Å². The van der Waals surface area contributed by atoms with Gasteiger partial charge in [0.1, 0.15) is 0 Å². The van der Waals surface area contributed by atoms with E-state index in [1.54, 1.807) is 18.5 Å². The van der Waals surface area contributed by atoms with Crippen LogP contribution in [0.3, 0.4) is 0 Å². The minimum atomic E-state index is -1.44. The first-order valence-electron chi connectivity index (χ1n) is 16.0. The maximum atomic E-state index is 8.65. The average Bonchev–Trinajstić information content (AvgIpc) is 3.09. The minimum absolute atomic E-state index is 0. The normalized spacial score (nSPS) is 13.5. The predicted molar refractivity (Wildman–Crippen MR) is 180 cm³/mol. The van der Waals surface area contributed by atoms with Crippen molar-refractivity contribution in [3.05, 3.63) is 169 Å². The fraction of sp³-hybridized carbons (Fsp3) is 0.171. The van der Waals surface area contributed by atoms with Crippen molar-refractivity contribution in [1.29, 1.82) is 0 Å². The van der Waals surface area contributed by atoms with Crippen molar-refractivity contribution in [2.75, 3.05) is 0 Å². The van der Waals surface area contributed by atoms with Gasteiger partial charge in [-0.1, -0.05) is 123 Å². The Bertz CT molecular complexity index is 1840. The van der Waals surface area contributed by atoms with Gasteiger partial charge in [-0.15, -0.1) is 65.2 Å². The molecule has 223 valence electrons. The van der Waals surface area contributed by atoms with E-state index in [2.05, 4.69) is 34.2 Å². The van der Waals surface area contributed by atoms with Gasteiger partial charge in [0, 0.05) is 36.6 Å². The predicted octanol–water partition coefficient (Wildman–Crippen LogP) is 10.5. The summed E-state index contributed by atoms with van der Waals surface area (Å²) in [4.78, 5) is 8.73. The number of nitrogens with zero attached hydrogens (tertiary/aromatic N) is 2. The molecule has 0 amide bonds. The molecule has 0 aliphatic carbocycles. The molecule has 1 radical (unpaired) electrons. The number of hydrogen-bond acceptors (Lipinski definition) is 2. The summed E-state index contributed by atoms with van der Waals surface area (Å²) >= 11 is 0. The summed E-state index contributed by atoms with van der Waals surface area (Å²) in [6.45, 7) is 7.64. The van der Waals surface area contributed by atoms with Crippen molar-refractivity contribution in [2.45, 2.75) is 40.0 Å². The molecule has 2 aromatic heterocycles. The number of rotatable bonds is 6. The molecular weight excluding hydrogens is 713 g/mol. The second-order valence-electron chi connectivity index (χ2n) is 11.4. The summed E-state index contributed by atoms with van der Waals surface area (Å²) < 4.78 is 25.6. The van der Waals surface area contributed by atoms with Crippen molar-refractivity contribution in [1.82, 2.24) is 9.97 Å². The van der Waals surface area contributed by atoms with Gasteiger partial charge in [0.2, 0.25) is 0 Å². The molecule has 4 aromatic carbocycles. The van der Waals surface area contributed by atoms with E-state index in [1.165, 1.54) is 0 Å². The van der Waals surface area contributed by atoms with Crippen LogP contribution in [0.25, 0.3) is 33.6 Å². The maximum absolute atomic E-state index is 8.65. The summed E-state index contributed by atoms with van der Waals surface area (Å²) in [5.41, 5.74) is 7.76. The number of hydrogen-bond donors (Lipinski definition) is 0. The molecule has 44 heavy (non-hydrogen) atoms. The van der Waals surface area contributed by atoms with Crippen LogP contribution in [0.5, 0.6) is 0 Å². The Hall–Kier alpha value is -4.17. The Morgan fingerprint density at radius 2 is 1.30 bits per heavy atom. The zero-order chi connectivity index (χ0) is 32.8. The number of aromatic nitrogens is 2. The van der Waals surface area contributed by atoms with Gasteiger partial charge in [-0.25, -0.2) is 0 Å². The van der Waals surface area contributed by atoms with Crippen LogP contribution < -0.4 is 0 Å². The molecule has 0 N–H and O–H groups in total. The molecule has 6 aromatic rings. The largest absolute Gasteiger partial charge is 0.305 e. The molecule has 0 fully saturated rings. The second-order valence-corrected chi connectivity index (χ2v) is 11.4. The average molecular weight is 754 g/mol. The van der Waals surface area contributed by atoms with E-state index in [9.17, 15) is 0 Å². The van der Waals surface area contributed by atoms with E-state index in [0.717, 1.165) is 44.8 Å². The fourth-order valence-corrected chi connectivity index (χ4v) is 4.68. The monoisotopic (exact) mass is 754 g/mol. The van der Waals surface area contributed by atoms with Gasteiger partial charge in [0.05, 0.1) is 0 Å². The van der Waals surface area contributed by atoms with Gasteiger partial charge >= 0.3 is 0 Å². The molecule has 0 bridgehead atoms. The van der Waals surface area contributed by atoms with Crippen LogP contribution in [-0.2, 0) is 26.5 Å². The van der Waals surface area contributed by atoms with Gasteiger partial charge in [-0.3, -0.25) is 0 Å². The van der Waals surface area contributed by atoms with Crippen LogP contribution in [0.1, 0.15) is 54.4 Å². The Morgan fingerprint density at radius 3 is 1.91 bits per heavy atom. The third-order valence-electron chi connectivity index (χ3n) is 6.87. The minimum Gasteiger partial charge on any atom is -0.305 e. The molecule has 1 atom stereocenters. The van der Waals surface area contributed by atoms with E-state index in [1.807, 2.05) is 137 Å². The molecule has 0 saturated heterocycles. The molecule has 1 unspecified atom stereocenters. The van der Waals surface area contributed by atoms with Crippen LogP contribution in [-0.4, -0.2) is 9.97 Å². The van der Waals surface area contributed by atoms with Crippen LogP contribution in [0, 0.1) is 17.5 Å². The Labute approximate surface area is 280 Å². The van der Waals surface area contributed by atoms with Gasteiger partial charge in [0.15, 0.2) is 0 Å². The summed E-state index contributed by atoms with van der Waals surface area (Å²) in [5.74, 6) is -0.777. The van der Waals surface area contributed by atoms with Gasteiger partial charge in [-0.2, -0.15) is 0 Å². The topological polar surface area (TPSA) is 25.8 Å². The molecule has 2 heterocycles. The van der Waals surface area contributed by atoms with E-state index in [-0.39, 0.29) is 20.1 Å². The Kier molecular flexibility index (Phi) is 10.1. The van der Waals surface area contributed by atoms with Crippen LogP contribution >= 0.6 is 0 Å². The van der Waals surface area contributed by atoms with Crippen LogP contribution in [0.2, 0.25) is 0 Å². The zero-order valence-electron chi connectivity index (χ0n) is 28.5. The standard InChI is InChI=1S/C22H22N.C19H16N.Ir/c1-22(2,3)16-17-13-14-23-21(15-17)20-11-9-19(10-12-20)18-7-5-4-6-8-18;1-15(16-7-3-2-4-8-16)17-10-12-18(13-11-17)19-9-5-6-14-20-19;/h4-11,13-15H,16H2,1-3H3;2-12,14-15H,1H3;/q2*-1;/i16D2;15D;. The number of pyridine rings is 2. The van der Waals surface area contributed by atoms with Crippen LogP contribution in [0.15, 0.2) is 140 Å². The SMILES string of the molecule is [2H]C(C)(c1c[c-]c(-c2ccccn2)cc1)c1ccccc1.[2H]C([2H])(c1ccnc(-c2[c-]cc(-c3ccccc3)cc2)c1)C(C)(C)C.[Ir]. The smallest absolute Gasteiger partial charge is 0.0321 e. The van der Waals surface area contributed by atoms with E-state index in [0.29, 0.717) is 5.56 Å². The summed E-state index contributed by atoms with van der Waals surface area (Å²) in [6.07, 6.45) is 2.01. The van der Waals surface area contributed by atoms with Crippen molar-refractivity contribution in [3.8, 4) is 33.6 Å². The first-order chi connectivity index (χ1) is 22.0. The van der Waals surface area contributed by atoms with Gasteiger partial charge < -0.3 is 9.97 Å². The van der Waals surface area contributed by atoms with E-state index in [4.69, 9.17) is 4.11 Å². The molecule has 3 heteroatoms. The Balaban J connectivity index is 0.000000211. The summed E-state index contributed by atoms with van der Waals surface area (Å²) in [6, 6.07) is 47.8. The van der Waals surface area contributed by atoms with Gasteiger partial charge in [0.25, 0.3) is 0 Å². The van der Waals surface area contributed by atoms with Crippen molar-refractivity contribution in [3.63, 3.8) is 0 Å². The van der Waals surface area contributed by atoms with Crippen molar-refractivity contribution in [2.24, 2.45) is 5.41 Å². The zero-order valence-corrected chi connectivity index (χ0v) is 27.9. The maximum Gasteiger partial charge on any atom is 0.0321 e. The molecule has 2 nitrogen and oxygen atoms in total. The van der Waals surface area contributed by atoms with Crippen molar-refractivity contribution >= 4 is 0 Å². The van der Waals surface area contributed by atoms with Crippen molar-refractivity contribution < 1.29 is 24.2 Å². The van der Waals surface area contributed by atoms with E-state index < -0.39 is 17.7 Å². The third-order valence-corrected chi connectivity index (χ3v) is 6.87. The van der Waals surface area contributed by atoms with Crippen LogP contribution in [0.4, 0.5) is 0 Å². The fourth-order valence-electron chi connectivity index (χ4n) is 4.68. The Morgan fingerprint density at radius 1 is 0.659 bits per heavy atom. The molecule has 6 rings (SSSR count). The molecular formula is C41H38IrN2-2. The third kappa shape index (κ3) is 9.16. The molecule has 0 aliphatic rings. The first kappa shape index (κ1) is 28.6. The quantitative estimate of drug-likeness (QED) is 0.158. The molecule has 0 spiro atoms. The summed E-state index contributed by atoms with van der Waals surface area (Å²) in [5, 5.41) is 0. The summed E-state index contributed by atoms with van der Waals surface area (Å²) in [7, 11) is 0.